The quantitative estimate of drug-likeness (QED) is 0.726. The number of hydrogen-bond donors (Lipinski definition) is 0. The van der Waals surface area contributed by atoms with Crippen LogP contribution in [0.4, 0.5) is 0 Å². The van der Waals surface area contributed by atoms with Gasteiger partial charge in [-0.3, -0.25) is 4.98 Å². The van der Waals surface area contributed by atoms with Gasteiger partial charge in [0.2, 0.25) is 5.82 Å². The molecule has 0 N–H and O–H groups in total. The highest BCUT2D eigenvalue weighted by atomic mass is 32.1. The van der Waals surface area contributed by atoms with Gasteiger partial charge in [0.25, 0.3) is 5.89 Å². The zero-order valence-electron chi connectivity index (χ0n) is 12.8. The summed E-state index contributed by atoms with van der Waals surface area (Å²) >= 11 is 1.55. The SMILES string of the molecule is CC1(C)Cc2cccc(-c3noc(/C=C/c4cncs4)n3)c2O1. The molecule has 0 fully saturated rings. The molecule has 0 radical (unpaired) electrons. The maximum Gasteiger partial charge on any atom is 0.250 e. The van der Waals surface area contributed by atoms with Crippen LogP contribution in [-0.4, -0.2) is 20.7 Å². The maximum atomic E-state index is 6.06. The third-order valence-corrected chi connectivity index (χ3v) is 4.36. The van der Waals surface area contributed by atoms with Crippen LogP contribution in [0.25, 0.3) is 23.5 Å². The molecule has 6 heteroatoms. The highest BCUT2D eigenvalue weighted by Crippen LogP contribution is 2.41. The molecule has 23 heavy (non-hydrogen) atoms. The largest absolute Gasteiger partial charge is 0.486 e. The van der Waals surface area contributed by atoms with E-state index >= 15 is 0 Å². The number of nitrogens with zero attached hydrogens (tertiary/aromatic N) is 3. The molecule has 0 amide bonds. The third kappa shape index (κ3) is 2.77. The van der Waals surface area contributed by atoms with E-state index in [1.807, 2.05) is 18.2 Å². The molecule has 0 saturated heterocycles. The van der Waals surface area contributed by atoms with Crippen molar-refractivity contribution in [3.8, 4) is 17.1 Å². The van der Waals surface area contributed by atoms with Crippen molar-refractivity contribution in [1.82, 2.24) is 15.1 Å². The predicted octanol–water partition coefficient (Wildman–Crippen LogP) is 4.08. The lowest BCUT2D eigenvalue weighted by Gasteiger charge is -2.17. The minimum absolute atomic E-state index is 0.197. The average molecular weight is 325 g/mol. The molecule has 0 spiro atoms. The number of ether oxygens (including phenoxy) is 1. The summed E-state index contributed by atoms with van der Waals surface area (Å²) in [4.78, 5) is 9.51. The van der Waals surface area contributed by atoms with E-state index in [-0.39, 0.29) is 5.60 Å². The Balaban J connectivity index is 1.65. The predicted molar refractivity (Wildman–Crippen MR) is 89.2 cm³/mol. The molecule has 116 valence electrons. The third-order valence-electron chi connectivity index (χ3n) is 3.62. The first-order chi connectivity index (χ1) is 11.1. The van der Waals surface area contributed by atoms with Crippen LogP contribution in [0, 0.1) is 0 Å². The van der Waals surface area contributed by atoms with Crippen LogP contribution < -0.4 is 4.74 Å². The molecule has 0 atom stereocenters. The van der Waals surface area contributed by atoms with Crippen LogP contribution in [0.1, 0.15) is 30.2 Å². The smallest absolute Gasteiger partial charge is 0.250 e. The standard InChI is InChI=1S/C17H15N3O2S/c1-17(2)8-11-4-3-5-13(15(11)21-17)16-19-14(22-20-16)7-6-12-9-18-10-23-12/h3-7,9-10H,8H2,1-2H3/b7-6+. The second-order valence-electron chi connectivity index (χ2n) is 6.03. The van der Waals surface area contributed by atoms with Crippen LogP contribution in [-0.2, 0) is 6.42 Å². The van der Waals surface area contributed by atoms with Crippen molar-refractivity contribution < 1.29 is 9.26 Å². The molecule has 3 aromatic rings. The van der Waals surface area contributed by atoms with Gasteiger partial charge in [0.1, 0.15) is 11.4 Å². The Morgan fingerprint density at radius 3 is 3.00 bits per heavy atom. The molecule has 0 unspecified atom stereocenters. The Kier molecular flexibility index (Phi) is 3.27. The number of fused-ring (bicyclic) bond motifs is 1. The summed E-state index contributed by atoms with van der Waals surface area (Å²) in [5, 5.41) is 4.08. The van der Waals surface area contributed by atoms with E-state index in [0.29, 0.717) is 11.7 Å². The highest BCUT2D eigenvalue weighted by molar-refractivity contribution is 7.10. The van der Waals surface area contributed by atoms with Crippen LogP contribution in [0.15, 0.2) is 34.4 Å². The van der Waals surface area contributed by atoms with Crippen molar-refractivity contribution in [3.63, 3.8) is 0 Å². The fourth-order valence-electron chi connectivity index (χ4n) is 2.67. The minimum atomic E-state index is -0.197. The lowest BCUT2D eigenvalue weighted by Crippen LogP contribution is -2.24. The molecule has 1 aromatic carbocycles. The molecular formula is C17H15N3O2S. The van der Waals surface area contributed by atoms with Gasteiger partial charge in [-0.2, -0.15) is 4.98 Å². The van der Waals surface area contributed by atoms with Crippen LogP contribution in [0.3, 0.4) is 0 Å². The van der Waals surface area contributed by atoms with E-state index in [0.717, 1.165) is 22.6 Å². The summed E-state index contributed by atoms with van der Waals surface area (Å²) in [6.07, 6.45) is 6.37. The summed E-state index contributed by atoms with van der Waals surface area (Å²) in [6, 6.07) is 6.04. The molecule has 5 nitrogen and oxygen atoms in total. The van der Waals surface area contributed by atoms with Gasteiger partial charge in [0.15, 0.2) is 0 Å². The minimum Gasteiger partial charge on any atom is -0.486 e. The van der Waals surface area contributed by atoms with Crippen LogP contribution >= 0.6 is 11.3 Å². The number of rotatable bonds is 3. The van der Waals surface area contributed by atoms with Gasteiger partial charge in [0.05, 0.1) is 11.1 Å². The number of benzene rings is 1. The van der Waals surface area contributed by atoms with Crippen molar-refractivity contribution in [3.05, 3.63) is 46.2 Å². The molecule has 0 bridgehead atoms. The molecule has 0 aliphatic carbocycles. The van der Waals surface area contributed by atoms with E-state index in [1.54, 1.807) is 29.1 Å². The summed E-state index contributed by atoms with van der Waals surface area (Å²) < 4.78 is 11.4. The molecule has 4 rings (SSSR count). The summed E-state index contributed by atoms with van der Waals surface area (Å²) in [5.41, 5.74) is 3.64. The Labute approximate surface area is 137 Å². The topological polar surface area (TPSA) is 61.0 Å². The molecule has 3 heterocycles. The lowest BCUT2D eigenvalue weighted by atomic mass is 10.0. The number of thiazole rings is 1. The Hall–Kier alpha value is -2.47. The Bertz CT molecular complexity index is 866. The van der Waals surface area contributed by atoms with Crippen molar-refractivity contribution >= 4 is 23.5 Å². The Morgan fingerprint density at radius 1 is 1.26 bits per heavy atom. The van der Waals surface area contributed by atoms with E-state index in [1.165, 1.54) is 5.56 Å². The van der Waals surface area contributed by atoms with Crippen LogP contribution in [0.5, 0.6) is 5.75 Å². The normalized spacial score (nSPS) is 15.7. The lowest BCUT2D eigenvalue weighted by molar-refractivity contribution is 0.139. The zero-order chi connectivity index (χ0) is 15.9. The molecule has 1 aliphatic heterocycles. The van der Waals surface area contributed by atoms with Crippen molar-refractivity contribution in [2.45, 2.75) is 25.9 Å². The van der Waals surface area contributed by atoms with Gasteiger partial charge >= 0.3 is 0 Å². The fraction of sp³-hybridized carbons (Fsp3) is 0.235. The monoisotopic (exact) mass is 325 g/mol. The summed E-state index contributed by atoms with van der Waals surface area (Å²) in [7, 11) is 0. The van der Waals surface area contributed by atoms with E-state index in [9.17, 15) is 0 Å². The number of para-hydroxylation sites is 1. The second kappa shape index (κ2) is 5.31. The van der Waals surface area contributed by atoms with Crippen LogP contribution in [0.2, 0.25) is 0 Å². The van der Waals surface area contributed by atoms with Gasteiger partial charge in [0, 0.05) is 23.6 Å². The Morgan fingerprint density at radius 2 is 2.17 bits per heavy atom. The van der Waals surface area contributed by atoms with E-state index < -0.39 is 0 Å². The first-order valence-corrected chi connectivity index (χ1v) is 8.20. The molecule has 1 aliphatic rings. The van der Waals surface area contributed by atoms with E-state index in [2.05, 4.69) is 35.0 Å². The van der Waals surface area contributed by atoms with Gasteiger partial charge in [-0.15, -0.1) is 11.3 Å². The number of aromatic nitrogens is 3. The maximum absolute atomic E-state index is 6.06. The van der Waals surface area contributed by atoms with Gasteiger partial charge in [-0.1, -0.05) is 17.3 Å². The first-order valence-electron chi connectivity index (χ1n) is 7.32. The average Bonchev–Trinajstić information content (AvgIpc) is 3.22. The van der Waals surface area contributed by atoms with Gasteiger partial charge < -0.3 is 9.26 Å². The summed E-state index contributed by atoms with van der Waals surface area (Å²) in [5.74, 6) is 1.86. The highest BCUT2D eigenvalue weighted by Gasteiger charge is 2.32. The summed E-state index contributed by atoms with van der Waals surface area (Å²) in [6.45, 7) is 4.16. The first kappa shape index (κ1) is 14.1. The van der Waals surface area contributed by atoms with Gasteiger partial charge in [-0.25, -0.2) is 0 Å². The van der Waals surface area contributed by atoms with Gasteiger partial charge in [-0.05, 0) is 31.6 Å². The fourth-order valence-corrected chi connectivity index (χ4v) is 3.18. The van der Waals surface area contributed by atoms with Crippen molar-refractivity contribution in [2.24, 2.45) is 0 Å². The zero-order valence-corrected chi connectivity index (χ0v) is 13.6. The molecular weight excluding hydrogens is 310 g/mol. The van der Waals surface area contributed by atoms with Crippen molar-refractivity contribution in [2.75, 3.05) is 0 Å². The van der Waals surface area contributed by atoms with E-state index in [4.69, 9.17) is 9.26 Å². The molecule has 2 aromatic heterocycles. The number of hydrogen-bond acceptors (Lipinski definition) is 6. The second-order valence-corrected chi connectivity index (χ2v) is 6.94. The van der Waals surface area contributed by atoms with Crippen molar-refractivity contribution in [1.29, 1.82) is 0 Å². The molecule has 0 saturated carbocycles.